The zero-order valence-electron chi connectivity index (χ0n) is 11.7. The number of ether oxygens (including phenoxy) is 1. The Labute approximate surface area is 114 Å². The van der Waals surface area contributed by atoms with Crippen LogP contribution in [0.3, 0.4) is 0 Å². The van der Waals surface area contributed by atoms with E-state index in [0.29, 0.717) is 0 Å². The molecule has 2 aromatic rings. The second-order valence-corrected chi connectivity index (χ2v) is 4.74. The Morgan fingerprint density at radius 1 is 1.11 bits per heavy atom. The van der Waals surface area contributed by atoms with Gasteiger partial charge in [0.05, 0.1) is 7.11 Å². The fraction of sp³-hybridized carbons (Fsp3) is 0.294. The Morgan fingerprint density at radius 2 is 1.79 bits per heavy atom. The van der Waals surface area contributed by atoms with Gasteiger partial charge in [-0.25, -0.2) is 0 Å². The van der Waals surface area contributed by atoms with Crippen molar-refractivity contribution < 1.29 is 9.84 Å². The molecule has 0 aliphatic heterocycles. The summed E-state index contributed by atoms with van der Waals surface area (Å²) in [5.74, 6) is 0.720. The highest BCUT2D eigenvalue weighted by molar-refractivity contribution is 5.43. The van der Waals surface area contributed by atoms with E-state index in [1.807, 2.05) is 37.3 Å². The molecule has 0 fully saturated rings. The van der Waals surface area contributed by atoms with Crippen molar-refractivity contribution in [2.45, 2.75) is 26.4 Å². The maximum Gasteiger partial charge on any atom is 0.125 e. The molecule has 0 amide bonds. The first-order valence-corrected chi connectivity index (χ1v) is 6.57. The molecule has 0 aliphatic carbocycles. The van der Waals surface area contributed by atoms with Gasteiger partial charge in [-0.2, -0.15) is 0 Å². The van der Waals surface area contributed by atoms with Gasteiger partial charge < -0.3 is 9.84 Å². The highest BCUT2D eigenvalue weighted by Gasteiger charge is 2.15. The fourth-order valence-electron chi connectivity index (χ4n) is 2.18. The molecule has 1 atom stereocenters. The van der Waals surface area contributed by atoms with Crippen LogP contribution in [-0.4, -0.2) is 12.2 Å². The molecular formula is C17H20O2. The lowest BCUT2D eigenvalue weighted by atomic mass is 9.98. The van der Waals surface area contributed by atoms with Crippen molar-refractivity contribution in [3.05, 3.63) is 64.7 Å². The van der Waals surface area contributed by atoms with Crippen LogP contribution in [0.15, 0.2) is 42.5 Å². The van der Waals surface area contributed by atoms with Crippen LogP contribution in [0.2, 0.25) is 0 Å². The second-order valence-electron chi connectivity index (χ2n) is 4.74. The quantitative estimate of drug-likeness (QED) is 0.904. The number of benzene rings is 2. The first-order valence-electron chi connectivity index (χ1n) is 6.57. The molecule has 1 N–H and O–H groups in total. The van der Waals surface area contributed by atoms with E-state index in [1.54, 1.807) is 7.11 Å². The van der Waals surface area contributed by atoms with E-state index in [0.717, 1.165) is 28.9 Å². The van der Waals surface area contributed by atoms with Gasteiger partial charge in [0.1, 0.15) is 11.9 Å². The van der Waals surface area contributed by atoms with Crippen LogP contribution in [0.25, 0.3) is 0 Å². The van der Waals surface area contributed by atoms with Crippen LogP contribution in [0.1, 0.15) is 35.3 Å². The minimum absolute atomic E-state index is 0.652. The Morgan fingerprint density at radius 3 is 2.37 bits per heavy atom. The van der Waals surface area contributed by atoms with E-state index in [2.05, 4.69) is 19.1 Å². The van der Waals surface area contributed by atoms with Crippen LogP contribution < -0.4 is 4.74 Å². The summed E-state index contributed by atoms with van der Waals surface area (Å²) in [4.78, 5) is 0. The standard InChI is InChI=1S/C17H20O2/c1-4-13-6-8-14(9-7-13)17(18)15-11-12(2)5-10-16(15)19-3/h5-11,17-18H,4H2,1-3H3. The second kappa shape index (κ2) is 5.89. The van der Waals surface area contributed by atoms with Crippen molar-refractivity contribution in [2.75, 3.05) is 7.11 Å². The van der Waals surface area contributed by atoms with E-state index in [1.165, 1.54) is 5.56 Å². The predicted molar refractivity (Wildman–Crippen MR) is 77.6 cm³/mol. The normalized spacial score (nSPS) is 12.2. The van der Waals surface area contributed by atoms with Gasteiger partial charge in [-0.1, -0.05) is 42.8 Å². The summed E-state index contributed by atoms with van der Waals surface area (Å²) in [6.07, 6.45) is 0.352. The van der Waals surface area contributed by atoms with E-state index < -0.39 is 6.10 Å². The number of rotatable bonds is 4. The van der Waals surface area contributed by atoms with Gasteiger partial charge in [-0.3, -0.25) is 0 Å². The third-order valence-electron chi connectivity index (χ3n) is 3.38. The first kappa shape index (κ1) is 13.6. The number of aliphatic hydroxyl groups excluding tert-OH is 1. The maximum atomic E-state index is 10.5. The number of aryl methyl sites for hydroxylation is 2. The summed E-state index contributed by atoms with van der Waals surface area (Å²) < 4.78 is 5.33. The Bertz CT molecular complexity index is 544. The van der Waals surface area contributed by atoms with Crippen molar-refractivity contribution in [3.8, 4) is 5.75 Å². The number of hydrogen-bond donors (Lipinski definition) is 1. The summed E-state index contributed by atoms with van der Waals surface area (Å²) in [6.45, 7) is 4.13. The monoisotopic (exact) mass is 256 g/mol. The summed E-state index contributed by atoms with van der Waals surface area (Å²) >= 11 is 0. The van der Waals surface area contributed by atoms with Crippen molar-refractivity contribution in [1.82, 2.24) is 0 Å². The SMILES string of the molecule is CCc1ccc(C(O)c2cc(C)ccc2OC)cc1. The lowest BCUT2D eigenvalue weighted by molar-refractivity contribution is 0.214. The Kier molecular flexibility index (Phi) is 4.23. The molecule has 2 nitrogen and oxygen atoms in total. The van der Waals surface area contributed by atoms with Crippen LogP contribution in [0.4, 0.5) is 0 Å². The van der Waals surface area contributed by atoms with Gasteiger partial charge in [-0.05, 0) is 36.6 Å². The zero-order chi connectivity index (χ0) is 13.8. The smallest absolute Gasteiger partial charge is 0.125 e. The summed E-state index contributed by atoms with van der Waals surface area (Å²) in [5, 5.41) is 10.5. The molecule has 0 radical (unpaired) electrons. The van der Waals surface area contributed by atoms with Crippen molar-refractivity contribution in [1.29, 1.82) is 0 Å². The van der Waals surface area contributed by atoms with Gasteiger partial charge in [-0.15, -0.1) is 0 Å². The van der Waals surface area contributed by atoms with E-state index in [-0.39, 0.29) is 0 Å². The van der Waals surface area contributed by atoms with E-state index >= 15 is 0 Å². The lowest BCUT2D eigenvalue weighted by Crippen LogP contribution is -2.03. The zero-order valence-corrected chi connectivity index (χ0v) is 11.7. The highest BCUT2D eigenvalue weighted by atomic mass is 16.5. The maximum absolute atomic E-state index is 10.5. The van der Waals surface area contributed by atoms with Crippen LogP contribution >= 0.6 is 0 Å². The molecule has 0 aliphatic rings. The molecular weight excluding hydrogens is 236 g/mol. The molecule has 0 saturated heterocycles. The Balaban J connectivity index is 2.36. The number of methoxy groups -OCH3 is 1. The van der Waals surface area contributed by atoms with Crippen molar-refractivity contribution in [2.24, 2.45) is 0 Å². The van der Waals surface area contributed by atoms with Crippen molar-refractivity contribution >= 4 is 0 Å². The summed E-state index contributed by atoms with van der Waals surface area (Å²) in [6, 6.07) is 13.9. The molecule has 0 heterocycles. The van der Waals surface area contributed by atoms with Crippen LogP contribution in [-0.2, 0) is 6.42 Å². The highest BCUT2D eigenvalue weighted by Crippen LogP contribution is 2.30. The van der Waals surface area contributed by atoms with Gasteiger partial charge >= 0.3 is 0 Å². The molecule has 19 heavy (non-hydrogen) atoms. The average Bonchev–Trinajstić information content (AvgIpc) is 2.46. The molecule has 2 heteroatoms. The molecule has 2 rings (SSSR count). The first-order chi connectivity index (χ1) is 9.15. The topological polar surface area (TPSA) is 29.5 Å². The van der Waals surface area contributed by atoms with Gasteiger partial charge in [0, 0.05) is 5.56 Å². The van der Waals surface area contributed by atoms with Gasteiger partial charge in [0.25, 0.3) is 0 Å². The molecule has 0 saturated carbocycles. The average molecular weight is 256 g/mol. The minimum Gasteiger partial charge on any atom is -0.496 e. The molecule has 0 bridgehead atoms. The number of hydrogen-bond acceptors (Lipinski definition) is 2. The molecule has 2 aromatic carbocycles. The van der Waals surface area contributed by atoms with Crippen LogP contribution in [0.5, 0.6) is 5.75 Å². The largest absolute Gasteiger partial charge is 0.496 e. The van der Waals surface area contributed by atoms with E-state index in [9.17, 15) is 5.11 Å². The Hall–Kier alpha value is -1.80. The third-order valence-corrected chi connectivity index (χ3v) is 3.38. The predicted octanol–water partition coefficient (Wildman–Crippen LogP) is 3.65. The lowest BCUT2D eigenvalue weighted by Gasteiger charge is -2.16. The molecule has 100 valence electrons. The van der Waals surface area contributed by atoms with Gasteiger partial charge in [0.2, 0.25) is 0 Å². The van der Waals surface area contributed by atoms with E-state index in [4.69, 9.17) is 4.74 Å². The molecule has 1 unspecified atom stereocenters. The minimum atomic E-state index is -0.652. The fourth-order valence-corrected chi connectivity index (χ4v) is 2.18. The summed E-state index contributed by atoms with van der Waals surface area (Å²) in [7, 11) is 1.63. The third kappa shape index (κ3) is 2.96. The summed E-state index contributed by atoms with van der Waals surface area (Å²) in [5.41, 5.74) is 4.08. The van der Waals surface area contributed by atoms with Crippen LogP contribution in [0, 0.1) is 6.92 Å². The molecule has 0 spiro atoms. The number of aliphatic hydroxyl groups is 1. The molecule has 0 aromatic heterocycles. The van der Waals surface area contributed by atoms with Crippen molar-refractivity contribution in [3.63, 3.8) is 0 Å². The van der Waals surface area contributed by atoms with Gasteiger partial charge in [0.15, 0.2) is 0 Å².